The summed E-state index contributed by atoms with van der Waals surface area (Å²) in [7, 11) is 0. The van der Waals surface area contributed by atoms with Gasteiger partial charge in [0.2, 0.25) is 5.91 Å². The SMILES string of the molecule is C=C1[C@H](OC(C)=O)[C@](C)(NC(C)=O)CC[C@]2(C)[C@H](C)CC[C@]13CCC(=O)[C@H]32. The van der Waals surface area contributed by atoms with Crippen molar-refractivity contribution >= 4 is 17.7 Å². The molecule has 5 heteroatoms. The average Bonchev–Trinajstić information content (AvgIpc) is 2.91. The summed E-state index contributed by atoms with van der Waals surface area (Å²) in [6, 6.07) is 0. The van der Waals surface area contributed by atoms with Crippen LogP contribution < -0.4 is 5.32 Å². The zero-order chi connectivity index (χ0) is 20.2. The van der Waals surface area contributed by atoms with Crippen molar-refractivity contribution in [3.05, 3.63) is 12.2 Å². The molecule has 0 aromatic carbocycles. The van der Waals surface area contributed by atoms with E-state index in [-0.39, 0.29) is 28.6 Å². The topological polar surface area (TPSA) is 72.5 Å². The summed E-state index contributed by atoms with van der Waals surface area (Å²) in [6.45, 7) is 13.7. The Morgan fingerprint density at radius 1 is 1.15 bits per heavy atom. The van der Waals surface area contributed by atoms with Crippen molar-refractivity contribution < 1.29 is 19.1 Å². The number of hydrogen-bond donors (Lipinski definition) is 1. The Balaban J connectivity index is 2.16. The maximum absolute atomic E-state index is 13.0. The van der Waals surface area contributed by atoms with Gasteiger partial charge in [-0.25, -0.2) is 0 Å². The molecule has 27 heavy (non-hydrogen) atoms. The van der Waals surface area contributed by atoms with Gasteiger partial charge in [-0.15, -0.1) is 0 Å². The first-order chi connectivity index (χ1) is 12.5. The maximum atomic E-state index is 13.0. The van der Waals surface area contributed by atoms with Gasteiger partial charge in [0.15, 0.2) is 0 Å². The molecule has 0 heterocycles. The van der Waals surface area contributed by atoms with Gasteiger partial charge in [-0.3, -0.25) is 14.4 Å². The third-order valence-corrected chi connectivity index (χ3v) is 7.96. The van der Waals surface area contributed by atoms with E-state index in [2.05, 4.69) is 25.7 Å². The Morgan fingerprint density at radius 2 is 1.81 bits per heavy atom. The molecule has 5 nitrogen and oxygen atoms in total. The number of carbonyl (C=O) groups excluding carboxylic acids is 3. The fraction of sp³-hybridized carbons (Fsp3) is 0.773. The van der Waals surface area contributed by atoms with E-state index < -0.39 is 11.6 Å². The Bertz CT molecular complexity index is 700. The summed E-state index contributed by atoms with van der Waals surface area (Å²) in [5.41, 5.74) is -0.368. The van der Waals surface area contributed by atoms with Crippen LogP contribution in [0.1, 0.15) is 73.1 Å². The molecule has 3 aliphatic carbocycles. The van der Waals surface area contributed by atoms with E-state index >= 15 is 0 Å². The Kier molecular flexibility index (Phi) is 4.80. The van der Waals surface area contributed by atoms with Gasteiger partial charge in [0.1, 0.15) is 11.9 Å². The number of esters is 1. The molecule has 1 amide bonds. The van der Waals surface area contributed by atoms with Gasteiger partial charge in [0, 0.05) is 31.6 Å². The second kappa shape index (κ2) is 6.46. The van der Waals surface area contributed by atoms with Crippen LogP contribution in [0.2, 0.25) is 0 Å². The van der Waals surface area contributed by atoms with E-state index in [1.165, 1.54) is 13.8 Å². The predicted octanol–water partition coefficient (Wildman–Crippen LogP) is 3.56. The molecule has 0 unspecified atom stereocenters. The molecule has 0 aliphatic heterocycles. The van der Waals surface area contributed by atoms with Crippen LogP contribution in [-0.2, 0) is 19.1 Å². The van der Waals surface area contributed by atoms with Crippen molar-refractivity contribution in [2.75, 3.05) is 0 Å². The third-order valence-electron chi connectivity index (χ3n) is 7.96. The number of carbonyl (C=O) groups is 3. The molecule has 3 rings (SSSR count). The molecule has 3 aliphatic rings. The van der Waals surface area contributed by atoms with Gasteiger partial charge < -0.3 is 10.1 Å². The van der Waals surface area contributed by atoms with E-state index in [0.717, 1.165) is 31.3 Å². The van der Waals surface area contributed by atoms with Crippen LogP contribution in [0.3, 0.4) is 0 Å². The van der Waals surface area contributed by atoms with Crippen LogP contribution in [0.4, 0.5) is 0 Å². The molecular weight excluding hydrogens is 342 g/mol. The molecule has 0 radical (unpaired) electrons. The van der Waals surface area contributed by atoms with Gasteiger partial charge in [-0.1, -0.05) is 20.4 Å². The molecule has 0 spiro atoms. The van der Waals surface area contributed by atoms with Gasteiger partial charge in [0.05, 0.1) is 5.54 Å². The molecule has 3 saturated carbocycles. The number of Topliss-reactive ketones (excluding diaryl/α,β-unsaturated/α-hetero) is 1. The summed E-state index contributed by atoms with van der Waals surface area (Å²) in [4.78, 5) is 36.9. The lowest BCUT2D eigenvalue weighted by Crippen LogP contribution is -2.62. The first-order valence-electron chi connectivity index (χ1n) is 10.1. The predicted molar refractivity (Wildman–Crippen MR) is 103 cm³/mol. The Labute approximate surface area is 162 Å². The lowest BCUT2D eigenvalue weighted by Gasteiger charge is -2.58. The summed E-state index contributed by atoms with van der Waals surface area (Å²) in [5.74, 6) is 0.152. The molecule has 0 aromatic rings. The second-order valence-corrected chi connectivity index (χ2v) is 9.61. The molecule has 1 N–H and O–H groups in total. The number of rotatable bonds is 2. The molecule has 6 atom stereocenters. The monoisotopic (exact) mass is 375 g/mol. The maximum Gasteiger partial charge on any atom is 0.303 e. The highest BCUT2D eigenvalue weighted by molar-refractivity contribution is 5.86. The number of ether oxygens (including phenoxy) is 1. The molecule has 2 bridgehead atoms. The fourth-order valence-corrected chi connectivity index (χ4v) is 6.40. The van der Waals surface area contributed by atoms with E-state index in [1.54, 1.807) is 0 Å². The first-order valence-corrected chi connectivity index (χ1v) is 10.1. The number of nitrogens with one attached hydrogen (secondary N) is 1. The van der Waals surface area contributed by atoms with Crippen molar-refractivity contribution in [2.45, 2.75) is 84.8 Å². The zero-order valence-corrected chi connectivity index (χ0v) is 17.3. The minimum Gasteiger partial charge on any atom is -0.456 e. The minimum absolute atomic E-state index is 0.0683. The molecule has 0 aromatic heterocycles. The lowest BCUT2D eigenvalue weighted by atomic mass is 9.46. The zero-order valence-electron chi connectivity index (χ0n) is 17.3. The quantitative estimate of drug-likeness (QED) is 0.592. The van der Waals surface area contributed by atoms with Crippen LogP contribution >= 0.6 is 0 Å². The Morgan fingerprint density at radius 3 is 2.41 bits per heavy atom. The summed E-state index contributed by atoms with van der Waals surface area (Å²) in [6.07, 6.45) is 4.11. The summed E-state index contributed by atoms with van der Waals surface area (Å²) < 4.78 is 5.78. The molecular formula is C22H33NO4. The van der Waals surface area contributed by atoms with Gasteiger partial charge in [-0.05, 0) is 55.9 Å². The third kappa shape index (κ3) is 2.94. The summed E-state index contributed by atoms with van der Waals surface area (Å²) >= 11 is 0. The first kappa shape index (κ1) is 20.1. The highest BCUT2D eigenvalue weighted by Gasteiger charge is 2.64. The van der Waals surface area contributed by atoms with Crippen LogP contribution in [0.25, 0.3) is 0 Å². The smallest absolute Gasteiger partial charge is 0.303 e. The van der Waals surface area contributed by atoms with Crippen molar-refractivity contribution in [3.8, 4) is 0 Å². The van der Waals surface area contributed by atoms with Crippen LogP contribution in [-0.4, -0.2) is 29.3 Å². The average molecular weight is 376 g/mol. The van der Waals surface area contributed by atoms with Crippen LogP contribution in [0.5, 0.6) is 0 Å². The molecule has 0 saturated heterocycles. The minimum atomic E-state index is -0.726. The van der Waals surface area contributed by atoms with Gasteiger partial charge in [-0.2, -0.15) is 0 Å². The van der Waals surface area contributed by atoms with Gasteiger partial charge in [0.25, 0.3) is 0 Å². The van der Waals surface area contributed by atoms with Crippen molar-refractivity contribution in [3.63, 3.8) is 0 Å². The number of amides is 1. The molecule has 150 valence electrons. The molecule has 3 fully saturated rings. The fourth-order valence-electron chi connectivity index (χ4n) is 6.40. The van der Waals surface area contributed by atoms with Crippen molar-refractivity contribution in [1.82, 2.24) is 5.32 Å². The van der Waals surface area contributed by atoms with E-state index in [9.17, 15) is 14.4 Å². The van der Waals surface area contributed by atoms with Gasteiger partial charge >= 0.3 is 5.97 Å². The lowest BCUT2D eigenvalue weighted by molar-refractivity contribution is -0.155. The standard InChI is InChI=1S/C22H33NO4/c1-13-7-9-22-10-8-17(26)18(22)20(13,5)11-12-21(6,23-15(3)24)19(14(22)2)27-16(4)25/h13,18-19H,2,7-12H2,1,3-6H3,(H,23,24)/t13-,18+,19+,20-,21-,22+/m1/s1. The summed E-state index contributed by atoms with van der Waals surface area (Å²) in [5, 5.41) is 3.06. The number of ketones is 1. The van der Waals surface area contributed by atoms with Crippen molar-refractivity contribution in [1.29, 1.82) is 0 Å². The Hall–Kier alpha value is -1.65. The highest BCUT2D eigenvalue weighted by Crippen LogP contribution is 2.66. The van der Waals surface area contributed by atoms with E-state index in [1.807, 2.05) is 6.92 Å². The van der Waals surface area contributed by atoms with E-state index in [4.69, 9.17) is 4.74 Å². The van der Waals surface area contributed by atoms with Crippen molar-refractivity contribution in [2.24, 2.45) is 22.7 Å². The second-order valence-electron chi connectivity index (χ2n) is 9.61. The largest absolute Gasteiger partial charge is 0.456 e. The highest BCUT2D eigenvalue weighted by atomic mass is 16.5. The number of hydrogen-bond acceptors (Lipinski definition) is 4. The normalized spacial score (nSPS) is 44.1. The van der Waals surface area contributed by atoms with Crippen LogP contribution in [0, 0.1) is 22.7 Å². The van der Waals surface area contributed by atoms with E-state index in [0.29, 0.717) is 24.5 Å². The van der Waals surface area contributed by atoms with Crippen LogP contribution in [0.15, 0.2) is 12.2 Å².